The second-order valence-corrected chi connectivity index (χ2v) is 7.33. The Morgan fingerprint density at radius 1 is 1.12 bits per heavy atom. The molecule has 0 saturated carbocycles. The van der Waals surface area contributed by atoms with Gasteiger partial charge in [0.2, 0.25) is 0 Å². The van der Waals surface area contributed by atoms with Gasteiger partial charge < -0.3 is 4.90 Å². The average Bonchev–Trinajstić information content (AvgIpc) is 3.32. The van der Waals surface area contributed by atoms with E-state index in [0.29, 0.717) is 17.8 Å². The zero-order chi connectivity index (χ0) is 17.7. The maximum Gasteiger partial charge on any atom is 0.272 e. The number of hydrogen-bond donors (Lipinski definition) is 0. The van der Waals surface area contributed by atoms with Gasteiger partial charge in [-0.05, 0) is 31.9 Å². The number of aryl methyl sites for hydroxylation is 4. The van der Waals surface area contributed by atoms with Crippen LogP contribution in [0.15, 0.2) is 12.1 Å². The van der Waals surface area contributed by atoms with Gasteiger partial charge in [0.05, 0.1) is 11.4 Å². The molecule has 134 valence electrons. The summed E-state index contributed by atoms with van der Waals surface area (Å²) in [7, 11) is 3.84. The summed E-state index contributed by atoms with van der Waals surface area (Å²) in [5, 5.41) is 8.98. The van der Waals surface area contributed by atoms with E-state index in [-0.39, 0.29) is 5.91 Å². The highest BCUT2D eigenvalue weighted by molar-refractivity contribution is 5.93. The van der Waals surface area contributed by atoms with E-state index in [1.807, 2.05) is 29.7 Å². The number of hydrogen-bond acceptors (Lipinski definition) is 4. The largest absolute Gasteiger partial charge is 0.331 e. The van der Waals surface area contributed by atoms with Crippen molar-refractivity contribution in [2.24, 2.45) is 14.1 Å². The highest BCUT2D eigenvalue weighted by Gasteiger charge is 2.45. The Labute approximate surface area is 148 Å². The van der Waals surface area contributed by atoms with Crippen molar-refractivity contribution >= 4 is 5.91 Å². The average molecular weight is 342 g/mol. The first-order valence-corrected chi connectivity index (χ1v) is 9.03. The molecule has 0 radical (unpaired) electrons. The first-order valence-electron chi connectivity index (χ1n) is 9.03. The number of amides is 1. The van der Waals surface area contributed by atoms with Crippen LogP contribution >= 0.6 is 0 Å². The van der Waals surface area contributed by atoms with Gasteiger partial charge in [0, 0.05) is 51.5 Å². The Hall–Kier alpha value is -2.15. The number of likely N-dealkylation sites (tertiary alicyclic amines) is 2. The summed E-state index contributed by atoms with van der Waals surface area (Å²) in [6, 6.07) is 4.83. The fourth-order valence-corrected chi connectivity index (χ4v) is 4.16. The van der Waals surface area contributed by atoms with Gasteiger partial charge in [-0.1, -0.05) is 6.92 Å². The SMILES string of the molecule is CCc1cc(C(=O)N2C[C@@H]3C[C@H]2CN3Cc2cc(C)n(C)n2)n(C)n1. The molecule has 4 heterocycles. The number of carbonyl (C=O) groups excluding carboxylic acids is 1. The molecule has 4 rings (SSSR count). The topological polar surface area (TPSA) is 59.2 Å². The van der Waals surface area contributed by atoms with Crippen LogP contribution in [0.25, 0.3) is 0 Å². The smallest absolute Gasteiger partial charge is 0.272 e. The Kier molecular flexibility index (Phi) is 3.91. The second-order valence-electron chi connectivity index (χ2n) is 7.33. The zero-order valence-corrected chi connectivity index (χ0v) is 15.4. The minimum absolute atomic E-state index is 0.121. The van der Waals surface area contributed by atoms with Gasteiger partial charge in [-0.25, -0.2) is 0 Å². The fourth-order valence-electron chi connectivity index (χ4n) is 4.16. The van der Waals surface area contributed by atoms with E-state index in [1.54, 1.807) is 4.68 Å². The Balaban J connectivity index is 1.44. The lowest BCUT2D eigenvalue weighted by Crippen LogP contribution is -2.48. The lowest BCUT2D eigenvalue weighted by atomic mass is 10.2. The monoisotopic (exact) mass is 342 g/mol. The van der Waals surface area contributed by atoms with E-state index in [9.17, 15) is 4.79 Å². The normalized spacial score (nSPS) is 23.0. The zero-order valence-electron chi connectivity index (χ0n) is 15.4. The van der Waals surface area contributed by atoms with Crippen molar-refractivity contribution in [1.29, 1.82) is 0 Å². The Bertz CT molecular complexity index is 787. The van der Waals surface area contributed by atoms with Gasteiger partial charge >= 0.3 is 0 Å². The summed E-state index contributed by atoms with van der Waals surface area (Å²) < 4.78 is 3.65. The van der Waals surface area contributed by atoms with Crippen LogP contribution in [0.1, 0.15) is 40.9 Å². The van der Waals surface area contributed by atoms with Gasteiger partial charge in [-0.2, -0.15) is 10.2 Å². The van der Waals surface area contributed by atoms with Crippen molar-refractivity contribution in [3.8, 4) is 0 Å². The number of rotatable bonds is 4. The minimum Gasteiger partial charge on any atom is -0.331 e. The van der Waals surface area contributed by atoms with Gasteiger partial charge in [0.15, 0.2) is 0 Å². The molecule has 2 aromatic rings. The summed E-state index contributed by atoms with van der Waals surface area (Å²) in [4.78, 5) is 17.4. The van der Waals surface area contributed by atoms with Crippen LogP contribution in [0.5, 0.6) is 0 Å². The van der Waals surface area contributed by atoms with Crippen LogP contribution in [0, 0.1) is 6.92 Å². The van der Waals surface area contributed by atoms with E-state index in [4.69, 9.17) is 0 Å². The number of fused-ring (bicyclic) bond motifs is 2. The third-order valence-electron chi connectivity index (χ3n) is 5.66. The fraction of sp³-hybridized carbons (Fsp3) is 0.611. The first kappa shape index (κ1) is 16.3. The number of aromatic nitrogens is 4. The predicted octanol–water partition coefficient (Wildman–Crippen LogP) is 1.12. The van der Waals surface area contributed by atoms with E-state index >= 15 is 0 Å². The molecule has 2 aliphatic rings. The molecular formula is C18H26N6O. The minimum atomic E-state index is 0.121. The maximum atomic E-state index is 12.9. The summed E-state index contributed by atoms with van der Waals surface area (Å²) in [5.74, 6) is 0.121. The molecule has 0 spiro atoms. The van der Waals surface area contributed by atoms with Crippen LogP contribution < -0.4 is 0 Å². The summed E-state index contributed by atoms with van der Waals surface area (Å²) in [6.45, 7) is 6.75. The lowest BCUT2D eigenvalue weighted by molar-refractivity contribution is 0.0604. The molecule has 2 aromatic heterocycles. The molecule has 0 unspecified atom stereocenters. The van der Waals surface area contributed by atoms with Crippen LogP contribution in [-0.4, -0.2) is 60.4 Å². The van der Waals surface area contributed by atoms with Crippen molar-refractivity contribution in [2.45, 2.75) is 45.3 Å². The molecule has 7 heteroatoms. The summed E-state index contributed by atoms with van der Waals surface area (Å²) in [5.41, 5.74) is 3.97. The molecule has 2 fully saturated rings. The third-order valence-corrected chi connectivity index (χ3v) is 5.66. The summed E-state index contributed by atoms with van der Waals surface area (Å²) in [6.07, 6.45) is 1.92. The molecule has 2 bridgehead atoms. The van der Waals surface area contributed by atoms with E-state index in [2.05, 4.69) is 35.0 Å². The van der Waals surface area contributed by atoms with E-state index in [0.717, 1.165) is 43.9 Å². The number of piperazine rings is 1. The van der Waals surface area contributed by atoms with Crippen molar-refractivity contribution in [3.63, 3.8) is 0 Å². The second kappa shape index (κ2) is 5.98. The standard InChI is InChI=1S/C18H26N6O/c1-5-13-7-17(22(4)19-13)18(25)24-11-15-8-16(24)10-23(15)9-14-6-12(2)21(3)20-14/h6-7,15-16H,5,8-11H2,1-4H3/t15-,16-/m0/s1. The molecule has 0 N–H and O–H groups in total. The van der Waals surface area contributed by atoms with Gasteiger partial charge in [-0.15, -0.1) is 0 Å². The number of carbonyl (C=O) groups is 1. The molecule has 0 aliphatic carbocycles. The molecule has 25 heavy (non-hydrogen) atoms. The van der Waals surface area contributed by atoms with Gasteiger partial charge in [-0.3, -0.25) is 19.1 Å². The van der Waals surface area contributed by atoms with Crippen molar-refractivity contribution in [3.05, 3.63) is 34.9 Å². The Morgan fingerprint density at radius 2 is 1.88 bits per heavy atom. The highest BCUT2D eigenvalue weighted by atomic mass is 16.2. The molecule has 7 nitrogen and oxygen atoms in total. The summed E-state index contributed by atoms with van der Waals surface area (Å²) >= 11 is 0. The van der Waals surface area contributed by atoms with Crippen LogP contribution in [0.2, 0.25) is 0 Å². The molecule has 2 atom stereocenters. The molecule has 0 aromatic carbocycles. The molecule has 2 saturated heterocycles. The highest BCUT2D eigenvalue weighted by Crippen LogP contribution is 2.32. The first-order chi connectivity index (χ1) is 12.0. The van der Waals surface area contributed by atoms with Crippen molar-refractivity contribution < 1.29 is 4.79 Å². The Morgan fingerprint density at radius 3 is 2.44 bits per heavy atom. The third kappa shape index (κ3) is 2.76. The van der Waals surface area contributed by atoms with Crippen molar-refractivity contribution in [1.82, 2.24) is 29.4 Å². The predicted molar refractivity (Wildman–Crippen MR) is 94.2 cm³/mol. The van der Waals surface area contributed by atoms with Crippen LogP contribution in [-0.2, 0) is 27.1 Å². The van der Waals surface area contributed by atoms with E-state index in [1.165, 1.54) is 5.69 Å². The maximum absolute atomic E-state index is 12.9. The van der Waals surface area contributed by atoms with Gasteiger partial charge in [0.1, 0.15) is 5.69 Å². The molecule has 2 aliphatic heterocycles. The van der Waals surface area contributed by atoms with Crippen LogP contribution in [0.4, 0.5) is 0 Å². The molecular weight excluding hydrogens is 316 g/mol. The molecule has 1 amide bonds. The number of nitrogens with zero attached hydrogens (tertiary/aromatic N) is 6. The quantitative estimate of drug-likeness (QED) is 0.836. The van der Waals surface area contributed by atoms with E-state index < -0.39 is 0 Å². The lowest BCUT2D eigenvalue weighted by Gasteiger charge is -2.33. The van der Waals surface area contributed by atoms with Gasteiger partial charge in [0.25, 0.3) is 5.91 Å². The van der Waals surface area contributed by atoms with Crippen molar-refractivity contribution in [2.75, 3.05) is 13.1 Å². The van der Waals surface area contributed by atoms with Crippen LogP contribution in [0.3, 0.4) is 0 Å².